The highest BCUT2D eigenvalue weighted by atomic mass is 35.5. The van der Waals surface area contributed by atoms with Gasteiger partial charge in [-0.2, -0.15) is 4.72 Å². The van der Waals surface area contributed by atoms with Gasteiger partial charge in [0.25, 0.3) is 10.0 Å². The summed E-state index contributed by atoms with van der Waals surface area (Å²) in [7, 11) is -3.35. The smallest absolute Gasteiger partial charge is 0.253 e. The monoisotopic (exact) mass is 266 g/mol. The lowest BCUT2D eigenvalue weighted by molar-refractivity contribution is 0.565. The van der Waals surface area contributed by atoms with Gasteiger partial charge < -0.3 is 4.90 Å². The Labute approximate surface area is 97.9 Å². The fraction of sp³-hybridized carbons (Fsp3) is 0.500. The molecule has 0 fully saturated rings. The lowest BCUT2D eigenvalue weighted by Gasteiger charge is -2.32. The molecule has 84 valence electrons. The average molecular weight is 267 g/mol. The quantitative estimate of drug-likeness (QED) is 0.844. The number of nitrogens with zero attached hydrogens (tertiary/aromatic N) is 1. The van der Waals surface area contributed by atoms with Crippen molar-refractivity contribution in [1.82, 2.24) is 4.72 Å². The second kappa shape index (κ2) is 3.62. The molecule has 0 radical (unpaired) electrons. The summed E-state index contributed by atoms with van der Waals surface area (Å²) in [4.78, 5) is 1.97. The van der Waals surface area contributed by atoms with Crippen LogP contribution in [0.25, 0.3) is 0 Å². The highest BCUT2D eigenvalue weighted by Gasteiger charge is 2.31. The van der Waals surface area contributed by atoms with E-state index in [0.29, 0.717) is 20.9 Å². The van der Waals surface area contributed by atoms with Gasteiger partial charge in [-0.25, -0.2) is 8.42 Å². The minimum absolute atomic E-state index is 0.234. The van der Waals surface area contributed by atoms with Gasteiger partial charge in [0.05, 0.1) is 16.7 Å². The summed E-state index contributed by atoms with van der Waals surface area (Å²) in [6.45, 7) is 4.32. The largest absolute Gasteiger partial charge is 0.353 e. The summed E-state index contributed by atoms with van der Waals surface area (Å²) in [6.07, 6.45) is 0. The van der Waals surface area contributed by atoms with Crippen molar-refractivity contribution in [3.8, 4) is 0 Å². The molecule has 0 amide bonds. The molecule has 0 bridgehead atoms. The Morgan fingerprint density at radius 1 is 1.60 bits per heavy atom. The molecular weight excluding hydrogens is 256 g/mol. The van der Waals surface area contributed by atoms with E-state index in [1.807, 2.05) is 18.7 Å². The molecule has 2 rings (SSSR count). The lowest BCUT2D eigenvalue weighted by Crippen LogP contribution is -2.45. The summed E-state index contributed by atoms with van der Waals surface area (Å²) in [5.74, 6) is 0. The van der Waals surface area contributed by atoms with Crippen molar-refractivity contribution in [2.75, 3.05) is 11.6 Å². The van der Waals surface area contributed by atoms with Gasteiger partial charge in [0.1, 0.15) is 0 Å². The first kappa shape index (κ1) is 11.2. The molecule has 0 saturated heterocycles. The van der Waals surface area contributed by atoms with Crippen molar-refractivity contribution >= 4 is 38.6 Å². The summed E-state index contributed by atoms with van der Waals surface area (Å²) in [6, 6.07) is 1.94. The molecule has 0 aromatic carbocycles. The summed E-state index contributed by atoms with van der Waals surface area (Å²) in [5, 5.41) is 0. The summed E-state index contributed by atoms with van der Waals surface area (Å²) < 4.78 is 26.7. The van der Waals surface area contributed by atoms with Crippen molar-refractivity contribution in [2.24, 2.45) is 0 Å². The van der Waals surface area contributed by atoms with Crippen LogP contribution in [-0.4, -0.2) is 21.1 Å². The lowest BCUT2D eigenvalue weighted by atomic mass is 10.3. The van der Waals surface area contributed by atoms with E-state index in [-0.39, 0.29) is 6.04 Å². The first-order valence-electron chi connectivity index (χ1n) is 4.47. The van der Waals surface area contributed by atoms with Crippen molar-refractivity contribution < 1.29 is 8.42 Å². The fourth-order valence-electron chi connectivity index (χ4n) is 1.50. The minimum atomic E-state index is -3.35. The molecule has 1 N–H and O–H groups in total. The van der Waals surface area contributed by atoms with Crippen LogP contribution in [0, 0.1) is 0 Å². The number of nitrogens with one attached hydrogen (secondary N) is 1. The predicted octanol–water partition coefficient (Wildman–Crippen LogP) is 1.87. The third-order valence-corrected chi connectivity index (χ3v) is 5.41. The van der Waals surface area contributed by atoms with Gasteiger partial charge in [0, 0.05) is 6.04 Å². The Morgan fingerprint density at radius 3 is 2.87 bits per heavy atom. The predicted molar refractivity (Wildman–Crippen MR) is 62.1 cm³/mol. The molecule has 0 saturated carbocycles. The Balaban J connectivity index is 2.58. The van der Waals surface area contributed by atoms with E-state index < -0.39 is 10.0 Å². The molecule has 1 aromatic heterocycles. The van der Waals surface area contributed by atoms with Crippen LogP contribution in [0.1, 0.15) is 13.8 Å². The van der Waals surface area contributed by atoms with E-state index in [2.05, 4.69) is 4.72 Å². The van der Waals surface area contributed by atoms with Crippen LogP contribution in [-0.2, 0) is 10.0 Å². The zero-order valence-electron chi connectivity index (χ0n) is 8.32. The number of hydrogen-bond donors (Lipinski definition) is 1. The van der Waals surface area contributed by atoms with Crippen LogP contribution in [0.3, 0.4) is 0 Å². The number of sulfonamides is 1. The molecule has 2 heterocycles. The van der Waals surface area contributed by atoms with E-state index in [4.69, 9.17) is 11.6 Å². The Hall–Kier alpha value is -0.300. The average Bonchev–Trinajstić information content (AvgIpc) is 2.47. The fourth-order valence-corrected chi connectivity index (χ4v) is 4.37. The molecule has 1 aliphatic heterocycles. The maximum absolute atomic E-state index is 11.7. The number of fused-ring (bicyclic) bond motifs is 1. The molecule has 1 aromatic rings. The number of hydrogen-bond acceptors (Lipinski definition) is 4. The van der Waals surface area contributed by atoms with Gasteiger partial charge >= 0.3 is 0 Å². The molecular formula is C8H11ClN2O2S2. The standard InChI is InChI=1S/C8H11ClN2O2S2/c1-5(2)11-4-10-15(12,13)8-6(11)3-7(9)14-8/h3,5,10H,4H2,1-2H3. The SMILES string of the molecule is CC(C)N1CNS(=O)(=O)c2sc(Cl)cc21. The van der Waals surface area contributed by atoms with Crippen LogP contribution >= 0.6 is 22.9 Å². The van der Waals surface area contributed by atoms with Crippen LogP contribution in [0.15, 0.2) is 10.3 Å². The number of thiophene rings is 1. The minimum Gasteiger partial charge on any atom is -0.353 e. The molecule has 0 aliphatic carbocycles. The Morgan fingerprint density at radius 2 is 2.27 bits per heavy atom. The van der Waals surface area contributed by atoms with E-state index in [1.165, 1.54) is 0 Å². The zero-order valence-corrected chi connectivity index (χ0v) is 10.7. The first-order chi connectivity index (χ1) is 6.92. The van der Waals surface area contributed by atoms with E-state index in [9.17, 15) is 8.42 Å². The maximum Gasteiger partial charge on any atom is 0.253 e. The second-order valence-electron chi connectivity index (χ2n) is 3.59. The van der Waals surface area contributed by atoms with Crippen molar-refractivity contribution in [3.05, 3.63) is 10.4 Å². The van der Waals surface area contributed by atoms with Crippen LogP contribution in [0.5, 0.6) is 0 Å². The van der Waals surface area contributed by atoms with Gasteiger partial charge in [-0.3, -0.25) is 0 Å². The van der Waals surface area contributed by atoms with Crippen LogP contribution < -0.4 is 9.62 Å². The number of rotatable bonds is 1. The van der Waals surface area contributed by atoms with E-state index >= 15 is 0 Å². The molecule has 4 nitrogen and oxygen atoms in total. The van der Waals surface area contributed by atoms with Gasteiger partial charge in [0.15, 0.2) is 4.21 Å². The van der Waals surface area contributed by atoms with Gasteiger partial charge in [-0.05, 0) is 19.9 Å². The zero-order chi connectivity index (χ0) is 11.2. The molecule has 0 spiro atoms. The Kier molecular flexibility index (Phi) is 2.70. The first-order valence-corrected chi connectivity index (χ1v) is 7.15. The van der Waals surface area contributed by atoms with E-state index in [0.717, 1.165) is 11.3 Å². The summed E-state index contributed by atoms with van der Waals surface area (Å²) >= 11 is 6.94. The maximum atomic E-state index is 11.7. The number of halogens is 1. The normalized spacial score (nSPS) is 19.3. The third kappa shape index (κ3) is 1.87. The molecule has 0 atom stereocenters. The highest BCUT2D eigenvalue weighted by Crippen LogP contribution is 2.39. The molecule has 0 unspecified atom stereocenters. The van der Waals surface area contributed by atoms with Crippen molar-refractivity contribution in [2.45, 2.75) is 24.1 Å². The summed E-state index contributed by atoms with van der Waals surface area (Å²) in [5.41, 5.74) is 0.707. The van der Waals surface area contributed by atoms with Crippen molar-refractivity contribution in [3.63, 3.8) is 0 Å². The van der Waals surface area contributed by atoms with E-state index in [1.54, 1.807) is 6.07 Å². The second-order valence-corrected chi connectivity index (χ2v) is 7.24. The van der Waals surface area contributed by atoms with Crippen LogP contribution in [0.4, 0.5) is 5.69 Å². The van der Waals surface area contributed by atoms with Gasteiger partial charge in [-0.15, -0.1) is 11.3 Å². The van der Waals surface area contributed by atoms with Gasteiger partial charge in [-0.1, -0.05) is 11.6 Å². The molecule has 7 heteroatoms. The third-order valence-electron chi connectivity index (χ3n) is 2.25. The van der Waals surface area contributed by atoms with Gasteiger partial charge in [0.2, 0.25) is 0 Å². The topological polar surface area (TPSA) is 49.4 Å². The number of anilines is 1. The van der Waals surface area contributed by atoms with Crippen LogP contribution in [0.2, 0.25) is 4.34 Å². The Bertz CT molecular complexity index is 481. The highest BCUT2D eigenvalue weighted by molar-refractivity contribution is 7.92. The molecule has 15 heavy (non-hydrogen) atoms. The molecule has 1 aliphatic rings. The van der Waals surface area contributed by atoms with Crippen molar-refractivity contribution in [1.29, 1.82) is 0 Å².